The molecule has 0 spiro atoms. The Morgan fingerprint density at radius 3 is 2.74 bits per heavy atom. The predicted octanol–water partition coefficient (Wildman–Crippen LogP) is 2.40. The monoisotopic (exact) mass is 306 g/mol. The average molecular weight is 306 g/mol. The molecule has 0 fully saturated rings. The lowest BCUT2D eigenvalue weighted by Gasteiger charge is -2.04. The molecule has 0 saturated carbocycles. The van der Waals surface area contributed by atoms with Gasteiger partial charge in [0, 0.05) is 12.4 Å². The fraction of sp³-hybridized carbons (Fsp3) is 0. The van der Waals surface area contributed by atoms with Crippen molar-refractivity contribution in [3.05, 3.63) is 66.0 Å². The first-order chi connectivity index (χ1) is 11.2. The molecule has 114 valence electrons. The summed E-state index contributed by atoms with van der Waals surface area (Å²) in [6.07, 6.45) is 4.90. The maximum Gasteiger partial charge on any atom is 0.256 e. The van der Waals surface area contributed by atoms with Crippen LogP contribution in [0.15, 0.2) is 59.9 Å². The molecule has 7 heteroatoms. The van der Waals surface area contributed by atoms with E-state index < -0.39 is 5.91 Å². The Morgan fingerprint density at radius 1 is 1.22 bits per heavy atom. The summed E-state index contributed by atoms with van der Waals surface area (Å²) in [4.78, 5) is 20.0. The van der Waals surface area contributed by atoms with Gasteiger partial charge in [0.15, 0.2) is 5.82 Å². The minimum atomic E-state index is -0.620. The number of hydrogen-bond acceptors (Lipinski definition) is 5. The quantitative estimate of drug-likeness (QED) is 0.629. The molecule has 7 nitrogen and oxygen atoms in total. The number of aromatic amines is 1. The van der Waals surface area contributed by atoms with Gasteiger partial charge in [0.2, 0.25) is 0 Å². The van der Waals surface area contributed by atoms with Crippen molar-refractivity contribution in [1.29, 1.82) is 0 Å². The summed E-state index contributed by atoms with van der Waals surface area (Å²) in [5.41, 5.74) is 7.25. The van der Waals surface area contributed by atoms with E-state index in [9.17, 15) is 4.79 Å². The number of rotatable bonds is 5. The molecule has 0 bridgehead atoms. The summed E-state index contributed by atoms with van der Waals surface area (Å²) in [6, 6.07) is 13.1. The second-order valence-electron chi connectivity index (χ2n) is 4.70. The molecular formula is C16H14N6O. The Labute approximate surface area is 132 Å². The summed E-state index contributed by atoms with van der Waals surface area (Å²) in [6.45, 7) is 0. The van der Waals surface area contributed by atoms with Crippen LogP contribution in [0.1, 0.15) is 15.9 Å². The maximum atomic E-state index is 11.7. The number of pyridine rings is 1. The third-order valence-electron chi connectivity index (χ3n) is 3.06. The molecule has 3 rings (SSSR count). The van der Waals surface area contributed by atoms with Crippen molar-refractivity contribution in [2.75, 3.05) is 5.32 Å². The highest BCUT2D eigenvalue weighted by molar-refractivity contribution is 6.03. The molecular weight excluding hydrogens is 292 g/mol. The molecule has 23 heavy (non-hydrogen) atoms. The Hall–Kier alpha value is -3.48. The van der Waals surface area contributed by atoms with Crippen LogP contribution < -0.4 is 11.1 Å². The molecule has 0 saturated heterocycles. The largest absolute Gasteiger partial charge is 0.365 e. The Balaban J connectivity index is 1.90. The van der Waals surface area contributed by atoms with Crippen molar-refractivity contribution in [2.45, 2.75) is 0 Å². The van der Waals surface area contributed by atoms with Crippen molar-refractivity contribution < 1.29 is 4.79 Å². The predicted molar refractivity (Wildman–Crippen MR) is 88.3 cm³/mol. The highest BCUT2D eigenvalue weighted by atomic mass is 16.1. The zero-order chi connectivity index (χ0) is 16.1. The molecule has 0 aliphatic heterocycles. The van der Waals surface area contributed by atoms with Crippen molar-refractivity contribution in [3.63, 3.8) is 0 Å². The zero-order valence-corrected chi connectivity index (χ0v) is 12.1. The van der Waals surface area contributed by atoms with Crippen LogP contribution in [0, 0.1) is 0 Å². The van der Waals surface area contributed by atoms with Crippen LogP contribution in [-0.4, -0.2) is 27.3 Å². The molecule has 2 heterocycles. The number of hydrogen-bond donors (Lipinski definition) is 3. The highest BCUT2D eigenvalue weighted by Crippen LogP contribution is 2.25. The Morgan fingerprint density at radius 2 is 2.04 bits per heavy atom. The van der Waals surface area contributed by atoms with Gasteiger partial charge in [-0.1, -0.05) is 30.3 Å². The van der Waals surface area contributed by atoms with E-state index in [1.807, 2.05) is 36.4 Å². The maximum absolute atomic E-state index is 11.7. The van der Waals surface area contributed by atoms with Gasteiger partial charge >= 0.3 is 0 Å². The first kappa shape index (κ1) is 14.5. The van der Waals surface area contributed by atoms with Crippen LogP contribution >= 0.6 is 0 Å². The first-order valence-electron chi connectivity index (χ1n) is 6.88. The number of aromatic nitrogens is 3. The molecule has 4 N–H and O–H groups in total. The second kappa shape index (κ2) is 6.52. The van der Waals surface area contributed by atoms with E-state index in [4.69, 9.17) is 5.73 Å². The summed E-state index contributed by atoms with van der Waals surface area (Å²) >= 11 is 0. The van der Waals surface area contributed by atoms with Gasteiger partial charge in [-0.15, -0.1) is 0 Å². The number of aliphatic imine (C=N–C) groups is 1. The lowest BCUT2D eigenvalue weighted by molar-refractivity contribution is 0.100. The lowest BCUT2D eigenvalue weighted by atomic mass is 10.2. The van der Waals surface area contributed by atoms with E-state index in [0.717, 1.165) is 5.56 Å². The van der Waals surface area contributed by atoms with Crippen LogP contribution in [0.25, 0.3) is 0 Å². The topological polar surface area (TPSA) is 109 Å². The standard InChI is InChI=1S/C16H14N6O/c17-14(23)13-15(19-9-11-5-2-1-3-6-11)21-22-16(13)20-12-7-4-8-18-10-12/h1-10H,(H2,17,23)(H2,20,21,22). The van der Waals surface area contributed by atoms with E-state index in [0.29, 0.717) is 11.5 Å². The number of nitrogens with two attached hydrogens (primary N) is 1. The third-order valence-corrected chi connectivity index (χ3v) is 3.06. The second-order valence-corrected chi connectivity index (χ2v) is 4.70. The highest BCUT2D eigenvalue weighted by Gasteiger charge is 2.18. The molecule has 1 aromatic carbocycles. The van der Waals surface area contributed by atoms with Gasteiger partial charge in [0.1, 0.15) is 11.4 Å². The zero-order valence-electron chi connectivity index (χ0n) is 12.1. The van der Waals surface area contributed by atoms with Gasteiger partial charge in [0.05, 0.1) is 11.9 Å². The molecule has 0 aliphatic rings. The Kier molecular flexibility index (Phi) is 4.10. The van der Waals surface area contributed by atoms with Crippen LogP contribution in [-0.2, 0) is 0 Å². The summed E-state index contributed by atoms with van der Waals surface area (Å²) in [7, 11) is 0. The minimum Gasteiger partial charge on any atom is -0.365 e. The molecule has 0 unspecified atom stereocenters. The number of nitrogens with zero attached hydrogens (tertiary/aromatic N) is 3. The van der Waals surface area contributed by atoms with Crippen LogP contribution in [0.3, 0.4) is 0 Å². The summed E-state index contributed by atoms with van der Waals surface area (Å²) in [5.74, 6) is -0.0104. The number of anilines is 2. The van der Waals surface area contributed by atoms with Gasteiger partial charge in [-0.05, 0) is 17.7 Å². The van der Waals surface area contributed by atoms with Crippen molar-refractivity contribution in [1.82, 2.24) is 15.2 Å². The molecule has 1 amide bonds. The SMILES string of the molecule is NC(=O)c1c(N=Cc2ccccc2)n[nH]c1Nc1cccnc1. The number of nitrogens with one attached hydrogen (secondary N) is 2. The van der Waals surface area contributed by atoms with Crippen LogP contribution in [0.2, 0.25) is 0 Å². The van der Waals surface area contributed by atoms with Crippen molar-refractivity contribution >= 4 is 29.4 Å². The molecule has 0 radical (unpaired) electrons. The van der Waals surface area contributed by atoms with E-state index in [1.165, 1.54) is 0 Å². The van der Waals surface area contributed by atoms with E-state index in [-0.39, 0.29) is 11.4 Å². The number of benzene rings is 1. The van der Waals surface area contributed by atoms with E-state index in [2.05, 4.69) is 25.5 Å². The number of carbonyl (C=O) groups is 1. The smallest absolute Gasteiger partial charge is 0.256 e. The van der Waals surface area contributed by atoms with Crippen LogP contribution in [0.5, 0.6) is 0 Å². The van der Waals surface area contributed by atoms with Gasteiger partial charge in [0.25, 0.3) is 5.91 Å². The third kappa shape index (κ3) is 3.41. The average Bonchev–Trinajstić information content (AvgIpc) is 2.98. The van der Waals surface area contributed by atoms with E-state index in [1.54, 1.807) is 24.7 Å². The first-order valence-corrected chi connectivity index (χ1v) is 6.88. The molecule has 3 aromatic rings. The van der Waals surface area contributed by atoms with Crippen LogP contribution in [0.4, 0.5) is 17.3 Å². The normalized spacial score (nSPS) is 10.8. The van der Waals surface area contributed by atoms with E-state index >= 15 is 0 Å². The summed E-state index contributed by atoms with van der Waals surface area (Å²) < 4.78 is 0. The molecule has 0 aliphatic carbocycles. The fourth-order valence-corrected chi connectivity index (χ4v) is 2.01. The van der Waals surface area contributed by atoms with Crippen molar-refractivity contribution in [3.8, 4) is 0 Å². The molecule has 0 atom stereocenters. The number of carbonyl (C=O) groups excluding carboxylic acids is 1. The number of H-pyrrole nitrogens is 1. The molecule has 2 aromatic heterocycles. The van der Waals surface area contributed by atoms with Gasteiger partial charge in [-0.3, -0.25) is 14.9 Å². The summed E-state index contributed by atoms with van der Waals surface area (Å²) in [5, 5.41) is 9.80. The Bertz CT molecular complexity index is 826. The van der Waals surface area contributed by atoms with Gasteiger partial charge in [-0.25, -0.2) is 4.99 Å². The van der Waals surface area contributed by atoms with Gasteiger partial charge < -0.3 is 11.1 Å². The fourth-order valence-electron chi connectivity index (χ4n) is 2.01. The lowest BCUT2D eigenvalue weighted by Crippen LogP contribution is -2.12. The van der Waals surface area contributed by atoms with Gasteiger partial charge in [-0.2, -0.15) is 5.10 Å². The number of primary amides is 1. The van der Waals surface area contributed by atoms with Crippen molar-refractivity contribution in [2.24, 2.45) is 10.7 Å². The minimum absolute atomic E-state index is 0.195. The number of amides is 1.